The fourth-order valence-corrected chi connectivity index (χ4v) is 4.79. The molecule has 6 nitrogen and oxygen atoms in total. The van der Waals surface area contributed by atoms with Crippen LogP contribution < -0.4 is 0 Å². The van der Waals surface area contributed by atoms with Crippen LogP contribution in [0.5, 0.6) is 0 Å². The van der Waals surface area contributed by atoms with Crippen molar-refractivity contribution in [3.05, 3.63) is 11.9 Å². The molecule has 1 aromatic rings. The highest BCUT2D eigenvalue weighted by molar-refractivity contribution is 7.99. The molecular formula is C11H16N2O4S2. The summed E-state index contributed by atoms with van der Waals surface area (Å²) in [6, 6.07) is -0.127. The van der Waals surface area contributed by atoms with E-state index >= 15 is 0 Å². The van der Waals surface area contributed by atoms with Crippen LogP contribution in [0.2, 0.25) is 0 Å². The fourth-order valence-electron chi connectivity index (χ4n) is 2.30. The summed E-state index contributed by atoms with van der Waals surface area (Å²) in [5.74, 6) is -0.622. The molecule has 8 heteroatoms. The maximum atomic E-state index is 11.7. The number of aromatic nitrogens is 2. The Labute approximate surface area is 116 Å². The molecule has 0 aliphatic carbocycles. The van der Waals surface area contributed by atoms with E-state index in [-0.39, 0.29) is 23.3 Å². The molecule has 0 spiro atoms. The zero-order valence-electron chi connectivity index (χ0n) is 10.6. The van der Waals surface area contributed by atoms with E-state index < -0.39 is 15.8 Å². The summed E-state index contributed by atoms with van der Waals surface area (Å²) in [5, 5.41) is 9.30. The lowest BCUT2D eigenvalue weighted by Gasteiger charge is -2.25. The molecule has 1 aliphatic rings. The molecule has 1 atom stereocenters. The molecule has 2 rings (SSSR count). The monoisotopic (exact) mass is 304 g/mol. The number of carboxylic acid groups (broad SMARTS) is 1. The molecule has 0 aromatic carbocycles. The van der Waals surface area contributed by atoms with Crippen molar-refractivity contribution in [2.24, 2.45) is 0 Å². The van der Waals surface area contributed by atoms with Gasteiger partial charge in [0.05, 0.1) is 17.3 Å². The van der Waals surface area contributed by atoms with Crippen molar-refractivity contribution >= 4 is 27.6 Å². The quantitative estimate of drug-likeness (QED) is 0.838. The van der Waals surface area contributed by atoms with E-state index in [1.54, 1.807) is 6.20 Å². The highest BCUT2D eigenvalue weighted by atomic mass is 32.2. The van der Waals surface area contributed by atoms with Crippen LogP contribution in [0.25, 0.3) is 0 Å². The fraction of sp³-hybridized carbons (Fsp3) is 0.636. The van der Waals surface area contributed by atoms with Crippen LogP contribution >= 0.6 is 11.8 Å². The standard InChI is InChI=1S/C11H16N2O4S2/c1-8-5-12-11(18-6-10(14)15)13(8)9-3-2-4-19(16,17)7-9/h5,9H,2-4,6-7H2,1H3,(H,14,15). The first-order valence-corrected chi connectivity index (χ1v) is 8.78. The Balaban J connectivity index is 2.23. The van der Waals surface area contributed by atoms with Gasteiger partial charge in [0, 0.05) is 17.9 Å². The Bertz CT molecular complexity index is 580. The lowest BCUT2D eigenvalue weighted by atomic mass is 10.2. The molecule has 1 aromatic heterocycles. The van der Waals surface area contributed by atoms with E-state index in [0.29, 0.717) is 11.6 Å². The van der Waals surface area contributed by atoms with Crippen LogP contribution in [-0.4, -0.2) is 46.3 Å². The van der Waals surface area contributed by atoms with Crippen molar-refractivity contribution in [1.29, 1.82) is 0 Å². The Morgan fingerprint density at radius 1 is 1.63 bits per heavy atom. The minimum Gasteiger partial charge on any atom is -0.481 e. The van der Waals surface area contributed by atoms with Gasteiger partial charge >= 0.3 is 5.97 Å². The van der Waals surface area contributed by atoms with Gasteiger partial charge in [0.2, 0.25) is 0 Å². The van der Waals surface area contributed by atoms with Crippen LogP contribution in [0.15, 0.2) is 11.4 Å². The van der Waals surface area contributed by atoms with Gasteiger partial charge in [0.15, 0.2) is 15.0 Å². The lowest BCUT2D eigenvalue weighted by Crippen LogP contribution is -2.28. The average molecular weight is 304 g/mol. The number of carboxylic acids is 1. The van der Waals surface area contributed by atoms with E-state index in [4.69, 9.17) is 5.11 Å². The van der Waals surface area contributed by atoms with Gasteiger partial charge in [-0.25, -0.2) is 13.4 Å². The van der Waals surface area contributed by atoms with Crippen LogP contribution in [0.4, 0.5) is 0 Å². The Hall–Kier alpha value is -1.02. The van der Waals surface area contributed by atoms with E-state index in [1.807, 2.05) is 11.5 Å². The maximum Gasteiger partial charge on any atom is 0.313 e. The van der Waals surface area contributed by atoms with Gasteiger partial charge in [-0.05, 0) is 19.8 Å². The van der Waals surface area contributed by atoms with Gasteiger partial charge < -0.3 is 9.67 Å². The summed E-state index contributed by atoms with van der Waals surface area (Å²) in [6.45, 7) is 1.86. The first kappa shape index (κ1) is 14.4. The molecule has 19 heavy (non-hydrogen) atoms. The summed E-state index contributed by atoms with van der Waals surface area (Å²) < 4.78 is 25.3. The SMILES string of the molecule is Cc1cnc(SCC(=O)O)n1C1CCCS(=O)(=O)C1. The molecular weight excluding hydrogens is 288 g/mol. The maximum absolute atomic E-state index is 11.7. The van der Waals surface area contributed by atoms with Gasteiger partial charge in [0.1, 0.15) is 0 Å². The number of rotatable bonds is 4. The zero-order valence-corrected chi connectivity index (χ0v) is 12.2. The van der Waals surface area contributed by atoms with Crippen LogP contribution in [0.3, 0.4) is 0 Å². The molecule has 1 aliphatic heterocycles. The highest BCUT2D eigenvalue weighted by Gasteiger charge is 2.28. The van der Waals surface area contributed by atoms with E-state index in [0.717, 1.165) is 23.9 Å². The van der Waals surface area contributed by atoms with Crippen molar-refractivity contribution in [2.45, 2.75) is 31.0 Å². The second-order valence-corrected chi connectivity index (χ2v) is 7.82. The second kappa shape index (κ2) is 5.54. The molecule has 0 amide bonds. The Morgan fingerprint density at radius 2 is 2.37 bits per heavy atom. The van der Waals surface area contributed by atoms with Crippen LogP contribution in [0.1, 0.15) is 24.6 Å². The molecule has 106 valence electrons. The number of nitrogens with zero attached hydrogens (tertiary/aromatic N) is 2. The molecule has 1 fully saturated rings. The Kier molecular flexibility index (Phi) is 4.19. The van der Waals surface area contributed by atoms with Gasteiger partial charge in [-0.3, -0.25) is 4.79 Å². The van der Waals surface area contributed by atoms with Crippen molar-refractivity contribution in [1.82, 2.24) is 9.55 Å². The normalized spacial score (nSPS) is 22.3. The first-order valence-electron chi connectivity index (χ1n) is 5.98. The number of aliphatic carboxylic acids is 1. The first-order chi connectivity index (χ1) is 8.89. The predicted octanol–water partition coefficient (Wildman–Crippen LogP) is 1.12. The summed E-state index contributed by atoms with van der Waals surface area (Å²) in [7, 11) is -3.00. The number of aryl methyl sites for hydroxylation is 1. The number of thioether (sulfide) groups is 1. The summed E-state index contributed by atoms with van der Waals surface area (Å²) in [4.78, 5) is 14.8. The zero-order chi connectivity index (χ0) is 14.0. The van der Waals surface area contributed by atoms with Gasteiger partial charge in [-0.1, -0.05) is 11.8 Å². The van der Waals surface area contributed by atoms with Crippen molar-refractivity contribution < 1.29 is 18.3 Å². The largest absolute Gasteiger partial charge is 0.481 e. The van der Waals surface area contributed by atoms with Crippen molar-refractivity contribution in [3.63, 3.8) is 0 Å². The number of carbonyl (C=O) groups is 1. The van der Waals surface area contributed by atoms with E-state index in [9.17, 15) is 13.2 Å². The highest BCUT2D eigenvalue weighted by Crippen LogP contribution is 2.29. The van der Waals surface area contributed by atoms with Gasteiger partial charge in [0.25, 0.3) is 0 Å². The molecule has 0 radical (unpaired) electrons. The number of hydrogen-bond acceptors (Lipinski definition) is 5. The smallest absolute Gasteiger partial charge is 0.313 e. The average Bonchev–Trinajstić information content (AvgIpc) is 2.66. The topological polar surface area (TPSA) is 89.3 Å². The molecule has 0 saturated carbocycles. The minimum atomic E-state index is -3.00. The van der Waals surface area contributed by atoms with Crippen molar-refractivity contribution in [3.8, 4) is 0 Å². The third kappa shape index (κ3) is 3.50. The number of imidazole rings is 1. The molecule has 1 N–H and O–H groups in total. The predicted molar refractivity (Wildman–Crippen MR) is 72.2 cm³/mol. The summed E-state index contributed by atoms with van der Waals surface area (Å²) >= 11 is 1.13. The molecule has 2 heterocycles. The molecule has 0 bridgehead atoms. The number of hydrogen-bond donors (Lipinski definition) is 1. The van der Waals surface area contributed by atoms with Crippen molar-refractivity contribution in [2.75, 3.05) is 17.3 Å². The van der Waals surface area contributed by atoms with E-state index in [1.165, 1.54) is 0 Å². The third-order valence-electron chi connectivity index (χ3n) is 3.08. The second-order valence-electron chi connectivity index (χ2n) is 4.64. The van der Waals surface area contributed by atoms with Gasteiger partial charge in [-0.15, -0.1) is 0 Å². The van der Waals surface area contributed by atoms with E-state index in [2.05, 4.69) is 4.98 Å². The van der Waals surface area contributed by atoms with Crippen LogP contribution in [-0.2, 0) is 14.6 Å². The third-order valence-corrected chi connectivity index (χ3v) is 5.83. The van der Waals surface area contributed by atoms with Gasteiger partial charge in [-0.2, -0.15) is 0 Å². The minimum absolute atomic E-state index is 0.0735. The Morgan fingerprint density at radius 3 is 3.00 bits per heavy atom. The number of sulfone groups is 1. The summed E-state index contributed by atoms with van der Waals surface area (Å²) in [5.41, 5.74) is 0.870. The van der Waals surface area contributed by atoms with Crippen LogP contribution in [0, 0.1) is 6.92 Å². The molecule has 1 saturated heterocycles. The molecule has 1 unspecified atom stereocenters. The lowest BCUT2D eigenvalue weighted by molar-refractivity contribution is -0.133. The summed E-state index contributed by atoms with van der Waals surface area (Å²) in [6.07, 6.45) is 3.09.